The van der Waals surface area contributed by atoms with Crippen LogP contribution in [0.25, 0.3) is 0 Å². The zero-order valence-corrected chi connectivity index (χ0v) is 11.5. The number of allylic oxidation sites excluding steroid dienone is 2. The second-order valence-corrected chi connectivity index (χ2v) is 7.86. The molecular formula is C12H24OSi. The van der Waals surface area contributed by atoms with Crippen molar-refractivity contribution >= 4 is 9.04 Å². The van der Waals surface area contributed by atoms with Crippen LogP contribution in [0.5, 0.6) is 0 Å². The second kappa shape index (κ2) is 4.52. The summed E-state index contributed by atoms with van der Waals surface area (Å²) in [5.74, 6) is 1.34. The molecule has 0 atom stereocenters. The van der Waals surface area contributed by atoms with Gasteiger partial charge in [0.1, 0.15) is 0 Å². The van der Waals surface area contributed by atoms with Crippen LogP contribution in [0.2, 0.25) is 13.1 Å². The van der Waals surface area contributed by atoms with Crippen molar-refractivity contribution in [2.24, 2.45) is 5.41 Å². The molecule has 0 saturated carbocycles. The lowest BCUT2D eigenvalue weighted by Gasteiger charge is -2.31. The normalized spacial score (nSPS) is 19.0. The fourth-order valence-corrected chi connectivity index (χ4v) is 2.91. The molecule has 1 nitrogen and oxygen atoms in total. The van der Waals surface area contributed by atoms with Crippen molar-refractivity contribution < 1.29 is 4.43 Å². The molecule has 0 unspecified atom stereocenters. The third kappa shape index (κ3) is 3.16. The van der Waals surface area contributed by atoms with Crippen molar-refractivity contribution in [3.63, 3.8) is 0 Å². The van der Waals surface area contributed by atoms with Gasteiger partial charge in [0, 0.05) is 6.42 Å². The average molecular weight is 212 g/mol. The minimum atomic E-state index is -0.912. The third-order valence-electron chi connectivity index (χ3n) is 2.70. The Kier molecular flexibility index (Phi) is 3.82. The van der Waals surface area contributed by atoms with Gasteiger partial charge in [0.25, 0.3) is 0 Å². The van der Waals surface area contributed by atoms with Crippen LogP contribution >= 0.6 is 0 Å². The van der Waals surface area contributed by atoms with Crippen molar-refractivity contribution in [3.8, 4) is 0 Å². The molecule has 0 aromatic rings. The molecule has 0 aliphatic heterocycles. The fraction of sp³-hybridized carbons (Fsp3) is 0.833. The molecule has 0 radical (unpaired) electrons. The van der Waals surface area contributed by atoms with Crippen molar-refractivity contribution in [1.82, 2.24) is 0 Å². The summed E-state index contributed by atoms with van der Waals surface area (Å²) in [4.78, 5) is 0. The van der Waals surface area contributed by atoms with E-state index in [-0.39, 0.29) is 0 Å². The maximum atomic E-state index is 6.05. The summed E-state index contributed by atoms with van der Waals surface area (Å²) in [6.07, 6.45) is 5.09. The maximum absolute atomic E-state index is 6.05. The molecule has 0 aromatic heterocycles. The second-order valence-electron chi connectivity index (χ2n) is 5.53. The first-order valence-electron chi connectivity index (χ1n) is 5.80. The molecule has 0 amide bonds. The Labute approximate surface area is 90.3 Å². The highest BCUT2D eigenvalue weighted by Crippen LogP contribution is 2.37. The van der Waals surface area contributed by atoms with Gasteiger partial charge in [-0.3, -0.25) is 0 Å². The molecule has 2 heteroatoms. The highest BCUT2D eigenvalue weighted by molar-refractivity contribution is 6.48. The molecule has 1 aliphatic rings. The van der Waals surface area contributed by atoms with E-state index >= 15 is 0 Å². The lowest BCUT2D eigenvalue weighted by atomic mass is 9.79. The number of rotatable bonds is 2. The molecular weight excluding hydrogens is 188 g/mol. The van der Waals surface area contributed by atoms with Gasteiger partial charge in [-0.25, -0.2) is 0 Å². The lowest BCUT2D eigenvalue weighted by molar-refractivity contribution is 0.342. The topological polar surface area (TPSA) is 9.23 Å². The van der Waals surface area contributed by atoms with Crippen molar-refractivity contribution in [1.29, 1.82) is 0 Å². The van der Waals surface area contributed by atoms with Crippen LogP contribution in [0.3, 0.4) is 0 Å². The fourth-order valence-electron chi connectivity index (χ4n) is 2.09. The summed E-state index contributed by atoms with van der Waals surface area (Å²) < 4.78 is 6.05. The van der Waals surface area contributed by atoms with Crippen molar-refractivity contribution in [3.05, 3.63) is 11.3 Å². The van der Waals surface area contributed by atoms with Gasteiger partial charge in [-0.15, -0.1) is 0 Å². The Morgan fingerprint density at radius 3 is 2.14 bits per heavy atom. The van der Waals surface area contributed by atoms with E-state index in [0.717, 1.165) is 0 Å². The van der Waals surface area contributed by atoms with Gasteiger partial charge in [0.05, 0.1) is 5.76 Å². The van der Waals surface area contributed by atoms with Crippen LogP contribution in [0.4, 0.5) is 0 Å². The summed E-state index contributed by atoms with van der Waals surface area (Å²) in [7, 11) is -0.912. The standard InChI is InChI=1S/C12H24OSi/c1-12(2,3)10-8-6-7-9-11(10)13-14(4)5/h14H,6-9H2,1-5H3. The third-order valence-corrected chi connectivity index (χ3v) is 3.46. The Bertz CT molecular complexity index is 223. The van der Waals surface area contributed by atoms with Crippen molar-refractivity contribution in [2.75, 3.05) is 0 Å². The van der Waals surface area contributed by atoms with E-state index in [2.05, 4.69) is 33.9 Å². The Hall–Kier alpha value is -0.243. The van der Waals surface area contributed by atoms with Gasteiger partial charge in [-0.1, -0.05) is 20.8 Å². The zero-order chi connectivity index (χ0) is 10.8. The van der Waals surface area contributed by atoms with E-state index in [4.69, 9.17) is 4.43 Å². The van der Waals surface area contributed by atoms with Gasteiger partial charge in [0.2, 0.25) is 9.04 Å². The van der Waals surface area contributed by atoms with Crippen LogP contribution in [0.15, 0.2) is 11.3 Å². The van der Waals surface area contributed by atoms with Gasteiger partial charge in [0.15, 0.2) is 0 Å². The predicted octanol–water partition coefficient (Wildman–Crippen LogP) is 3.86. The average Bonchev–Trinajstić information content (AvgIpc) is 2.01. The molecule has 0 spiro atoms. The minimum Gasteiger partial charge on any atom is -0.550 e. The summed E-state index contributed by atoms with van der Waals surface area (Å²) in [5.41, 5.74) is 1.88. The van der Waals surface area contributed by atoms with Crippen LogP contribution in [-0.2, 0) is 4.43 Å². The summed E-state index contributed by atoms with van der Waals surface area (Å²) in [6.45, 7) is 11.4. The smallest absolute Gasteiger partial charge is 0.229 e. The van der Waals surface area contributed by atoms with Crippen LogP contribution in [-0.4, -0.2) is 9.04 Å². The monoisotopic (exact) mass is 212 g/mol. The largest absolute Gasteiger partial charge is 0.550 e. The Morgan fingerprint density at radius 1 is 1.07 bits per heavy atom. The highest BCUT2D eigenvalue weighted by Gasteiger charge is 2.24. The molecule has 1 rings (SSSR count). The van der Waals surface area contributed by atoms with E-state index in [1.165, 1.54) is 31.4 Å². The highest BCUT2D eigenvalue weighted by atomic mass is 28.3. The first kappa shape index (κ1) is 11.8. The van der Waals surface area contributed by atoms with Crippen LogP contribution in [0.1, 0.15) is 46.5 Å². The molecule has 0 aromatic carbocycles. The predicted molar refractivity (Wildman–Crippen MR) is 64.9 cm³/mol. The maximum Gasteiger partial charge on any atom is 0.229 e. The molecule has 0 fully saturated rings. The summed E-state index contributed by atoms with van der Waals surface area (Å²) >= 11 is 0. The van der Waals surface area contributed by atoms with Gasteiger partial charge in [-0.2, -0.15) is 0 Å². The molecule has 0 bridgehead atoms. The molecule has 14 heavy (non-hydrogen) atoms. The van der Waals surface area contributed by atoms with E-state index in [0.29, 0.717) is 5.41 Å². The van der Waals surface area contributed by atoms with E-state index < -0.39 is 9.04 Å². The summed E-state index contributed by atoms with van der Waals surface area (Å²) in [6, 6.07) is 0. The number of hydrogen-bond acceptors (Lipinski definition) is 1. The lowest BCUT2D eigenvalue weighted by Crippen LogP contribution is -2.19. The van der Waals surface area contributed by atoms with E-state index in [1.807, 2.05) is 0 Å². The first-order valence-corrected chi connectivity index (χ1v) is 8.58. The van der Waals surface area contributed by atoms with Gasteiger partial charge < -0.3 is 4.43 Å². The Morgan fingerprint density at radius 2 is 1.64 bits per heavy atom. The molecule has 0 N–H and O–H groups in total. The molecule has 0 heterocycles. The zero-order valence-electron chi connectivity index (χ0n) is 10.3. The number of hydrogen-bond donors (Lipinski definition) is 0. The molecule has 1 aliphatic carbocycles. The minimum absolute atomic E-state index is 0.305. The SMILES string of the molecule is C[SiH](C)OC1=C(C(C)(C)C)CCCC1. The van der Waals surface area contributed by atoms with Crippen LogP contribution in [0, 0.1) is 5.41 Å². The first-order chi connectivity index (χ1) is 6.41. The van der Waals surface area contributed by atoms with Crippen molar-refractivity contribution in [2.45, 2.75) is 59.5 Å². The van der Waals surface area contributed by atoms with Gasteiger partial charge >= 0.3 is 0 Å². The molecule has 82 valence electrons. The molecule has 0 saturated heterocycles. The quantitative estimate of drug-likeness (QED) is 0.632. The Balaban J connectivity index is 2.85. The summed E-state index contributed by atoms with van der Waals surface area (Å²) in [5, 5.41) is 0. The van der Waals surface area contributed by atoms with Gasteiger partial charge in [-0.05, 0) is 43.3 Å². The van der Waals surface area contributed by atoms with Crippen LogP contribution < -0.4 is 0 Å². The van der Waals surface area contributed by atoms with E-state index in [9.17, 15) is 0 Å². The van der Waals surface area contributed by atoms with E-state index in [1.54, 1.807) is 5.57 Å².